The molecule has 2 amide bonds. The Morgan fingerprint density at radius 1 is 1.29 bits per heavy atom. The standard InChI is InChI=1S/C9H11N3O2/c1-5-6(2)8(14)12(7(5)13)9-10-3-4-11-9/h3-6H,1-2H3,(H,10,11). The molecular weight excluding hydrogens is 182 g/mol. The van der Waals surface area contributed by atoms with E-state index in [1.165, 1.54) is 6.20 Å². The maximum absolute atomic E-state index is 11.7. The lowest BCUT2D eigenvalue weighted by Crippen LogP contribution is -2.31. The summed E-state index contributed by atoms with van der Waals surface area (Å²) in [5.41, 5.74) is 0. The molecule has 2 heterocycles. The quantitative estimate of drug-likeness (QED) is 0.662. The van der Waals surface area contributed by atoms with Crippen molar-refractivity contribution in [3.8, 4) is 0 Å². The van der Waals surface area contributed by atoms with E-state index in [1.807, 2.05) is 0 Å². The molecule has 0 aliphatic carbocycles. The molecule has 1 aliphatic rings. The molecule has 74 valence electrons. The molecule has 2 atom stereocenters. The van der Waals surface area contributed by atoms with Crippen LogP contribution in [-0.2, 0) is 9.59 Å². The summed E-state index contributed by atoms with van der Waals surface area (Å²) in [6.07, 6.45) is 3.10. The first-order valence-electron chi connectivity index (χ1n) is 4.50. The predicted molar refractivity (Wildman–Crippen MR) is 49.4 cm³/mol. The average Bonchev–Trinajstić information content (AvgIpc) is 2.73. The van der Waals surface area contributed by atoms with Gasteiger partial charge in [-0.05, 0) is 0 Å². The van der Waals surface area contributed by atoms with Crippen molar-refractivity contribution in [1.29, 1.82) is 0 Å². The smallest absolute Gasteiger partial charge is 0.239 e. The summed E-state index contributed by atoms with van der Waals surface area (Å²) >= 11 is 0. The number of nitrogens with one attached hydrogen (secondary N) is 1. The van der Waals surface area contributed by atoms with Gasteiger partial charge in [0.05, 0.1) is 0 Å². The number of H-pyrrole nitrogens is 1. The number of aromatic nitrogens is 2. The molecule has 0 bridgehead atoms. The van der Waals surface area contributed by atoms with Crippen molar-refractivity contribution in [1.82, 2.24) is 9.97 Å². The second-order valence-electron chi connectivity index (χ2n) is 3.50. The van der Waals surface area contributed by atoms with Gasteiger partial charge in [-0.15, -0.1) is 0 Å². The molecule has 2 rings (SSSR count). The third kappa shape index (κ3) is 1.05. The van der Waals surface area contributed by atoms with Crippen LogP contribution in [0.3, 0.4) is 0 Å². The Morgan fingerprint density at radius 3 is 2.29 bits per heavy atom. The fourth-order valence-corrected chi connectivity index (χ4v) is 1.53. The third-order valence-corrected chi connectivity index (χ3v) is 2.67. The minimum Gasteiger partial charge on any atom is -0.330 e. The van der Waals surface area contributed by atoms with Crippen LogP contribution in [0.4, 0.5) is 5.95 Å². The van der Waals surface area contributed by atoms with E-state index >= 15 is 0 Å². The second-order valence-corrected chi connectivity index (χ2v) is 3.50. The zero-order chi connectivity index (χ0) is 10.3. The van der Waals surface area contributed by atoms with Crippen LogP contribution in [0.2, 0.25) is 0 Å². The summed E-state index contributed by atoms with van der Waals surface area (Å²) in [5, 5.41) is 0. The predicted octanol–water partition coefficient (Wildman–Crippen LogP) is 0.555. The molecule has 1 saturated heterocycles. The van der Waals surface area contributed by atoms with Gasteiger partial charge in [0.15, 0.2) is 0 Å². The van der Waals surface area contributed by atoms with Crippen molar-refractivity contribution in [3.63, 3.8) is 0 Å². The van der Waals surface area contributed by atoms with E-state index in [0.29, 0.717) is 5.95 Å². The minimum absolute atomic E-state index is 0.183. The van der Waals surface area contributed by atoms with E-state index in [0.717, 1.165) is 4.90 Å². The van der Waals surface area contributed by atoms with Crippen LogP contribution in [0.1, 0.15) is 13.8 Å². The number of rotatable bonds is 1. The molecule has 0 spiro atoms. The fraction of sp³-hybridized carbons (Fsp3) is 0.444. The van der Waals surface area contributed by atoms with Gasteiger partial charge >= 0.3 is 0 Å². The van der Waals surface area contributed by atoms with Crippen LogP contribution in [0, 0.1) is 11.8 Å². The molecule has 1 aromatic rings. The highest BCUT2D eigenvalue weighted by atomic mass is 16.2. The Bertz CT molecular complexity index is 351. The van der Waals surface area contributed by atoms with Gasteiger partial charge in [0.25, 0.3) is 0 Å². The molecule has 1 N–H and O–H groups in total. The van der Waals surface area contributed by atoms with Gasteiger partial charge < -0.3 is 4.98 Å². The lowest BCUT2D eigenvalue weighted by molar-refractivity contribution is -0.122. The van der Waals surface area contributed by atoms with Gasteiger partial charge in [0, 0.05) is 24.2 Å². The Labute approximate surface area is 81.1 Å². The number of carbonyl (C=O) groups excluding carboxylic acids is 2. The Hall–Kier alpha value is -1.65. The molecule has 5 nitrogen and oxygen atoms in total. The zero-order valence-corrected chi connectivity index (χ0v) is 8.02. The van der Waals surface area contributed by atoms with Crippen LogP contribution in [0.5, 0.6) is 0 Å². The van der Waals surface area contributed by atoms with E-state index < -0.39 is 0 Å². The molecule has 0 radical (unpaired) electrons. The maximum atomic E-state index is 11.7. The summed E-state index contributed by atoms with van der Waals surface area (Å²) in [7, 11) is 0. The number of carbonyl (C=O) groups is 2. The molecular formula is C9H11N3O2. The number of hydrogen-bond acceptors (Lipinski definition) is 3. The van der Waals surface area contributed by atoms with Gasteiger partial charge in [-0.25, -0.2) is 9.88 Å². The van der Waals surface area contributed by atoms with Crippen molar-refractivity contribution >= 4 is 17.8 Å². The summed E-state index contributed by atoms with van der Waals surface area (Å²) in [4.78, 5) is 31.1. The number of hydrogen-bond donors (Lipinski definition) is 1. The zero-order valence-electron chi connectivity index (χ0n) is 8.02. The number of imidazole rings is 1. The lowest BCUT2D eigenvalue weighted by atomic mass is 10.00. The molecule has 2 unspecified atom stereocenters. The van der Waals surface area contributed by atoms with Crippen LogP contribution in [-0.4, -0.2) is 21.8 Å². The number of imide groups is 1. The third-order valence-electron chi connectivity index (χ3n) is 2.67. The highest BCUT2D eigenvalue weighted by Crippen LogP contribution is 2.27. The van der Waals surface area contributed by atoms with Crippen molar-refractivity contribution in [2.24, 2.45) is 11.8 Å². The van der Waals surface area contributed by atoms with Crippen molar-refractivity contribution in [2.75, 3.05) is 4.90 Å². The van der Waals surface area contributed by atoms with E-state index in [4.69, 9.17) is 0 Å². The summed E-state index contributed by atoms with van der Waals surface area (Å²) in [5.74, 6) is -0.564. The van der Waals surface area contributed by atoms with Crippen LogP contribution < -0.4 is 4.90 Å². The molecule has 5 heteroatoms. The van der Waals surface area contributed by atoms with Crippen LogP contribution >= 0.6 is 0 Å². The first kappa shape index (κ1) is 8.93. The fourth-order valence-electron chi connectivity index (χ4n) is 1.53. The monoisotopic (exact) mass is 193 g/mol. The van der Waals surface area contributed by atoms with Gasteiger partial charge in [-0.1, -0.05) is 13.8 Å². The normalized spacial score (nSPS) is 27.4. The Kier molecular flexibility index (Phi) is 1.87. The van der Waals surface area contributed by atoms with Gasteiger partial charge in [0.1, 0.15) is 0 Å². The minimum atomic E-state index is -0.257. The number of anilines is 1. The molecule has 1 fully saturated rings. The number of amides is 2. The number of aromatic amines is 1. The first-order chi connectivity index (χ1) is 6.63. The maximum Gasteiger partial charge on any atom is 0.239 e. The van der Waals surface area contributed by atoms with Crippen LogP contribution in [0.15, 0.2) is 12.4 Å². The first-order valence-corrected chi connectivity index (χ1v) is 4.50. The summed E-state index contributed by atoms with van der Waals surface area (Å²) in [6, 6.07) is 0. The SMILES string of the molecule is CC1C(=O)N(c2ncc[nH]2)C(=O)C1C. The van der Waals surface area contributed by atoms with E-state index in [9.17, 15) is 9.59 Å². The second kappa shape index (κ2) is 2.94. The van der Waals surface area contributed by atoms with E-state index in [1.54, 1.807) is 20.0 Å². The highest BCUT2D eigenvalue weighted by molar-refractivity contribution is 6.20. The van der Waals surface area contributed by atoms with Crippen molar-refractivity contribution in [3.05, 3.63) is 12.4 Å². The largest absolute Gasteiger partial charge is 0.330 e. The van der Waals surface area contributed by atoms with E-state index in [2.05, 4.69) is 9.97 Å². The Morgan fingerprint density at radius 2 is 1.86 bits per heavy atom. The van der Waals surface area contributed by atoms with E-state index in [-0.39, 0.29) is 23.7 Å². The molecule has 14 heavy (non-hydrogen) atoms. The molecule has 1 aromatic heterocycles. The van der Waals surface area contributed by atoms with Gasteiger partial charge in [-0.3, -0.25) is 9.59 Å². The Balaban J connectivity index is 2.38. The molecule has 0 aromatic carbocycles. The lowest BCUT2D eigenvalue weighted by Gasteiger charge is -2.09. The molecule has 1 aliphatic heterocycles. The van der Waals surface area contributed by atoms with Crippen molar-refractivity contribution in [2.45, 2.75) is 13.8 Å². The summed E-state index contributed by atoms with van der Waals surface area (Å²) < 4.78 is 0. The van der Waals surface area contributed by atoms with Gasteiger partial charge in [0.2, 0.25) is 17.8 Å². The average molecular weight is 193 g/mol. The van der Waals surface area contributed by atoms with Crippen LogP contribution in [0.25, 0.3) is 0 Å². The highest BCUT2D eigenvalue weighted by Gasteiger charge is 2.44. The number of nitrogens with zero attached hydrogens (tertiary/aromatic N) is 2. The van der Waals surface area contributed by atoms with Gasteiger partial charge in [-0.2, -0.15) is 0 Å². The molecule has 0 saturated carbocycles. The topological polar surface area (TPSA) is 66.1 Å². The van der Waals surface area contributed by atoms with Crippen molar-refractivity contribution < 1.29 is 9.59 Å². The summed E-state index contributed by atoms with van der Waals surface area (Å²) in [6.45, 7) is 3.52.